The number of hydrogen-bond acceptors (Lipinski definition) is 4. The zero-order valence-corrected chi connectivity index (χ0v) is 10.5. The van der Waals surface area contributed by atoms with Crippen molar-refractivity contribution in [2.75, 3.05) is 6.61 Å². The minimum absolute atomic E-state index is 0.0495. The molecule has 0 amide bonds. The van der Waals surface area contributed by atoms with E-state index in [1.54, 1.807) is 6.92 Å². The van der Waals surface area contributed by atoms with E-state index in [4.69, 9.17) is 14.5 Å². The molecule has 0 aliphatic heterocycles. The first kappa shape index (κ1) is 15.1. The van der Waals surface area contributed by atoms with Crippen LogP contribution in [0.1, 0.15) is 40.5 Å². The lowest BCUT2D eigenvalue weighted by Gasteiger charge is -2.22. The maximum atomic E-state index is 11.0. The van der Waals surface area contributed by atoms with E-state index in [1.807, 2.05) is 13.8 Å². The van der Waals surface area contributed by atoms with Crippen LogP contribution in [0.15, 0.2) is 12.2 Å². The van der Waals surface area contributed by atoms with Crippen LogP contribution in [-0.2, 0) is 19.3 Å². The van der Waals surface area contributed by atoms with E-state index >= 15 is 0 Å². The van der Waals surface area contributed by atoms with Gasteiger partial charge in [-0.25, -0.2) is 14.6 Å². The maximum Gasteiger partial charge on any atom is 0.333 e. The minimum Gasteiger partial charge on any atom is -0.459 e. The molecule has 0 aliphatic rings. The Bertz CT molecular complexity index is 233. The molecule has 0 aromatic rings. The van der Waals surface area contributed by atoms with Gasteiger partial charge < -0.3 is 4.74 Å². The Morgan fingerprint density at radius 2 is 2.06 bits per heavy atom. The molecule has 93 valence electrons. The topological polar surface area (TPSA) is 44.8 Å². The Hall–Kier alpha value is -0.870. The lowest BCUT2D eigenvalue weighted by atomic mass is 10.0. The van der Waals surface area contributed by atoms with Crippen molar-refractivity contribution in [2.45, 2.75) is 46.1 Å². The summed E-state index contributed by atoms with van der Waals surface area (Å²) in [6, 6.07) is 0. The quantitative estimate of drug-likeness (QED) is 0.211. The van der Waals surface area contributed by atoms with Crippen LogP contribution in [0, 0.1) is 6.61 Å². The first-order chi connectivity index (χ1) is 7.39. The second kappa shape index (κ2) is 7.41. The highest BCUT2D eigenvalue weighted by Gasteiger charge is 2.18. The molecule has 0 unspecified atom stereocenters. The number of carbonyl (C=O) groups excluding carboxylic acids is 1. The van der Waals surface area contributed by atoms with Gasteiger partial charge in [0, 0.05) is 5.57 Å². The highest BCUT2D eigenvalue weighted by molar-refractivity contribution is 5.86. The van der Waals surface area contributed by atoms with Gasteiger partial charge in [-0.2, -0.15) is 0 Å². The fourth-order valence-corrected chi connectivity index (χ4v) is 1.07. The van der Waals surface area contributed by atoms with Gasteiger partial charge in [0.1, 0.15) is 6.61 Å². The fourth-order valence-electron chi connectivity index (χ4n) is 1.07. The minimum atomic E-state index is -0.437. The summed E-state index contributed by atoms with van der Waals surface area (Å²) in [7, 11) is 0. The molecule has 0 aromatic heterocycles. The third kappa shape index (κ3) is 7.43. The van der Waals surface area contributed by atoms with Crippen molar-refractivity contribution in [3.63, 3.8) is 0 Å². The van der Waals surface area contributed by atoms with E-state index in [-0.39, 0.29) is 12.2 Å². The Morgan fingerprint density at radius 1 is 1.44 bits per heavy atom. The first-order valence-corrected chi connectivity index (χ1v) is 5.38. The molecule has 0 aliphatic carbocycles. The van der Waals surface area contributed by atoms with Gasteiger partial charge in [-0.15, -0.1) is 0 Å². The number of rotatable bonds is 8. The average molecular weight is 229 g/mol. The highest BCUT2D eigenvalue weighted by Crippen LogP contribution is 2.16. The maximum absolute atomic E-state index is 11.0. The van der Waals surface area contributed by atoms with Crippen LogP contribution in [0.25, 0.3) is 0 Å². The Labute approximate surface area is 97.5 Å². The number of ether oxygens (including phenoxy) is 1. The molecule has 0 fully saturated rings. The van der Waals surface area contributed by atoms with E-state index in [0.717, 1.165) is 12.8 Å². The summed E-state index contributed by atoms with van der Waals surface area (Å²) in [5.74, 6) is -0.437. The molecule has 0 spiro atoms. The molecule has 0 bridgehead atoms. The molecule has 16 heavy (non-hydrogen) atoms. The van der Waals surface area contributed by atoms with E-state index in [2.05, 4.69) is 13.5 Å². The lowest BCUT2D eigenvalue weighted by molar-refractivity contribution is -0.335. The zero-order chi connectivity index (χ0) is 12.6. The van der Waals surface area contributed by atoms with E-state index in [1.165, 1.54) is 6.61 Å². The predicted octanol–water partition coefficient (Wildman–Crippen LogP) is 2.79. The molecule has 0 atom stereocenters. The number of esters is 1. The van der Waals surface area contributed by atoms with Crippen LogP contribution in [0.5, 0.6) is 0 Å². The van der Waals surface area contributed by atoms with Gasteiger partial charge in [-0.3, -0.25) is 0 Å². The van der Waals surface area contributed by atoms with Crippen LogP contribution in [-0.4, -0.2) is 18.2 Å². The van der Waals surface area contributed by atoms with Crippen LogP contribution in [0.4, 0.5) is 0 Å². The fraction of sp³-hybridized carbons (Fsp3) is 0.667. The molecule has 0 aromatic carbocycles. The summed E-state index contributed by atoms with van der Waals surface area (Å²) in [6.45, 7) is 12.3. The normalized spacial score (nSPS) is 11.2. The Kier molecular flexibility index (Phi) is 7.01. The van der Waals surface area contributed by atoms with Crippen molar-refractivity contribution in [1.29, 1.82) is 0 Å². The Morgan fingerprint density at radius 3 is 2.56 bits per heavy atom. The van der Waals surface area contributed by atoms with E-state index in [9.17, 15) is 4.79 Å². The van der Waals surface area contributed by atoms with Crippen LogP contribution in [0.2, 0.25) is 0 Å². The van der Waals surface area contributed by atoms with Crippen molar-refractivity contribution in [1.82, 2.24) is 0 Å². The average Bonchev–Trinajstić information content (AvgIpc) is 2.16. The van der Waals surface area contributed by atoms with Gasteiger partial charge in [0.2, 0.25) is 0 Å². The summed E-state index contributed by atoms with van der Waals surface area (Å²) in [4.78, 5) is 21.0. The smallest absolute Gasteiger partial charge is 0.333 e. The van der Waals surface area contributed by atoms with Crippen molar-refractivity contribution >= 4 is 5.97 Å². The number of carbonyl (C=O) groups is 1. The zero-order valence-electron chi connectivity index (χ0n) is 10.5. The van der Waals surface area contributed by atoms with E-state index < -0.39 is 5.97 Å². The van der Waals surface area contributed by atoms with Crippen molar-refractivity contribution in [3.8, 4) is 0 Å². The van der Waals surface area contributed by atoms with Gasteiger partial charge in [-0.1, -0.05) is 19.9 Å². The second-order valence-electron chi connectivity index (χ2n) is 4.23. The molecule has 1 radical (unpaired) electrons. The summed E-state index contributed by atoms with van der Waals surface area (Å²) < 4.78 is 4.78. The molecular weight excluding hydrogens is 208 g/mol. The summed E-state index contributed by atoms with van der Waals surface area (Å²) >= 11 is 0. The van der Waals surface area contributed by atoms with Gasteiger partial charge in [0.15, 0.2) is 6.61 Å². The summed E-state index contributed by atoms with van der Waals surface area (Å²) in [5, 5.41) is 0. The van der Waals surface area contributed by atoms with E-state index in [0.29, 0.717) is 5.57 Å². The third-order valence-corrected chi connectivity index (χ3v) is 1.82. The standard InChI is InChI=1S/C12H21O4/c1-6-7-12(4,5)16-15-9-8-14-11(13)10(2)3/h9H,2,6-8H2,1,3-5H3. The molecule has 4 heteroatoms. The van der Waals surface area contributed by atoms with Crippen LogP contribution in [0.3, 0.4) is 0 Å². The highest BCUT2D eigenvalue weighted by atomic mass is 17.2. The summed E-state index contributed by atoms with van der Waals surface area (Å²) in [6.07, 6.45) is 1.91. The summed E-state index contributed by atoms with van der Waals surface area (Å²) in [5.41, 5.74) is 0.0319. The van der Waals surface area contributed by atoms with Gasteiger partial charge in [-0.05, 0) is 27.2 Å². The third-order valence-electron chi connectivity index (χ3n) is 1.82. The van der Waals surface area contributed by atoms with Crippen LogP contribution < -0.4 is 0 Å². The van der Waals surface area contributed by atoms with Gasteiger partial charge in [0.25, 0.3) is 0 Å². The largest absolute Gasteiger partial charge is 0.459 e. The monoisotopic (exact) mass is 229 g/mol. The number of hydrogen-bond donors (Lipinski definition) is 0. The molecule has 0 saturated carbocycles. The second-order valence-corrected chi connectivity index (χ2v) is 4.23. The first-order valence-electron chi connectivity index (χ1n) is 5.38. The van der Waals surface area contributed by atoms with Crippen LogP contribution >= 0.6 is 0 Å². The molecule has 4 nitrogen and oxygen atoms in total. The molecule has 0 rings (SSSR count). The molecule has 0 heterocycles. The van der Waals surface area contributed by atoms with Gasteiger partial charge in [0.05, 0.1) is 5.60 Å². The van der Waals surface area contributed by atoms with Crippen molar-refractivity contribution in [2.24, 2.45) is 0 Å². The molecular formula is C12H21O4. The molecule has 0 saturated heterocycles. The van der Waals surface area contributed by atoms with Crippen molar-refractivity contribution in [3.05, 3.63) is 18.8 Å². The Balaban J connectivity index is 3.54. The predicted molar refractivity (Wildman–Crippen MR) is 61.2 cm³/mol. The SMILES string of the molecule is C=C(C)C(=O)OC[CH]OOC(C)(C)CCC. The molecule has 0 N–H and O–H groups in total. The van der Waals surface area contributed by atoms with Crippen molar-refractivity contribution < 1.29 is 19.3 Å². The van der Waals surface area contributed by atoms with Gasteiger partial charge >= 0.3 is 5.97 Å². The lowest BCUT2D eigenvalue weighted by Crippen LogP contribution is -2.24.